The molecule has 1 aromatic heterocycles. The molecule has 1 saturated heterocycles. The third kappa shape index (κ3) is 6.43. The lowest BCUT2D eigenvalue weighted by Crippen LogP contribution is -2.35. The van der Waals surface area contributed by atoms with Crippen molar-refractivity contribution in [2.45, 2.75) is 52.0 Å². The van der Waals surface area contributed by atoms with Gasteiger partial charge in [0.05, 0.1) is 24.4 Å². The number of carbonyl (C=O) groups excluding carboxylic acids is 1. The molecule has 0 spiro atoms. The number of piperidine rings is 1. The number of thiazole rings is 1. The Morgan fingerprint density at radius 1 is 1.45 bits per heavy atom. The molecule has 0 bridgehead atoms. The van der Waals surface area contributed by atoms with Crippen LogP contribution in [0.3, 0.4) is 0 Å². The highest BCUT2D eigenvalue weighted by Gasteiger charge is 2.22. The molecule has 2 heterocycles. The predicted molar refractivity (Wildman–Crippen MR) is 120 cm³/mol. The van der Waals surface area contributed by atoms with Crippen molar-refractivity contribution in [1.29, 1.82) is 0 Å². The first-order chi connectivity index (χ1) is 13.9. The molecular formula is C22H30ClN3O2S. The van der Waals surface area contributed by atoms with Crippen molar-refractivity contribution in [3.63, 3.8) is 0 Å². The van der Waals surface area contributed by atoms with Crippen LogP contribution in [0.2, 0.25) is 5.02 Å². The summed E-state index contributed by atoms with van der Waals surface area (Å²) in [5, 5.41) is 6.81. The summed E-state index contributed by atoms with van der Waals surface area (Å²) in [6.07, 6.45) is 3.80. The lowest BCUT2D eigenvalue weighted by molar-refractivity contribution is -0.116. The molecule has 1 atom stereocenters. The quantitative estimate of drug-likeness (QED) is 0.589. The number of amides is 1. The summed E-state index contributed by atoms with van der Waals surface area (Å²) in [6, 6.07) is 5.30. The number of anilines is 1. The molecule has 1 amide bonds. The van der Waals surface area contributed by atoms with Gasteiger partial charge >= 0.3 is 0 Å². The van der Waals surface area contributed by atoms with Crippen LogP contribution in [0.25, 0.3) is 0 Å². The van der Waals surface area contributed by atoms with Gasteiger partial charge in [-0.2, -0.15) is 0 Å². The molecule has 1 aliphatic heterocycles. The van der Waals surface area contributed by atoms with Gasteiger partial charge in [0.2, 0.25) is 5.91 Å². The van der Waals surface area contributed by atoms with E-state index in [-0.39, 0.29) is 5.91 Å². The van der Waals surface area contributed by atoms with Crippen LogP contribution in [0, 0.1) is 5.92 Å². The molecule has 5 nitrogen and oxygen atoms in total. The van der Waals surface area contributed by atoms with Gasteiger partial charge in [0, 0.05) is 24.0 Å². The van der Waals surface area contributed by atoms with Crippen LogP contribution < -0.4 is 10.1 Å². The molecule has 0 saturated carbocycles. The summed E-state index contributed by atoms with van der Waals surface area (Å²) < 4.78 is 5.14. The highest BCUT2D eigenvalue weighted by molar-refractivity contribution is 7.09. The fourth-order valence-electron chi connectivity index (χ4n) is 3.69. The van der Waals surface area contributed by atoms with Gasteiger partial charge in [-0.15, -0.1) is 11.3 Å². The summed E-state index contributed by atoms with van der Waals surface area (Å²) in [5.74, 6) is 1.67. The molecule has 1 fully saturated rings. The SMILES string of the molecule is COc1ccc(NC(=O)CCC2CCCN(Cc3nc(C(C)C)cs3)C2)cc1Cl. The Morgan fingerprint density at radius 3 is 2.97 bits per heavy atom. The fourth-order valence-corrected chi connectivity index (χ4v) is 4.94. The predicted octanol–water partition coefficient (Wildman–Crippen LogP) is 5.56. The van der Waals surface area contributed by atoms with E-state index in [1.54, 1.807) is 30.6 Å². The zero-order chi connectivity index (χ0) is 20.8. The number of nitrogens with one attached hydrogen (secondary N) is 1. The Labute approximate surface area is 182 Å². The van der Waals surface area contributed by atoms with Crippen LogP contribution in [-0.2, 0) is 11.3 Å². The van der Waals surface area contributed by atoms with E-state index in [2.05, 4.69) is 29.4 Å². The highest BCUT2D eigenvalue weighted by Crippen LogP contribution is 2.28. The molecule has 1 N–H and O–H groups in total. The molecule has 3 rings (SSSR count). The third-order valence-corrected chi connectivity index (χ3v) is 6.49. The van der Waals surface area contributed by atoms with Crippen LogP contribution >= 0.6 is 22.9 Å². The summed E-state index contributed by atoms with van der Waals surface area (Å²) in [6.45, 7) is 7.44. The number of hydrogen-bond acceptors (Lipinski definition) is 5. The largest absolute Gasteiger partial charge is 0.495 e. The first kappa shape index (κ1) is 22.1. The molecule has 0 radical (unpaired) electrons. The van der Waals surface area contributed by atoms with E-state index < -0.39 is 0 Å². The Balaban J connectivity index is 1.45. The summed E-state index contributed by atoms with van der Waals surface area (Å²) in [4.78, 5) is 19.6. The van der Waals surface area contributed by atoms with Crippen molar-refractivity contribution in [2.75, 3.05) is 25.5 Å². The van der Waals surface area contributed by atoms with Crippen LogP contribution in [-0.4, -0.2) is 36.0 Å². The molecule has 1 unspecified atom stereocenters. The highest BCUT2D eigenvalue weighted by atomic mass is 35.5. The van der Waals surface area contributed by atoms with Gasteiger partial charge in [-0.1, -0.05) is 25.4 Å². The fraction of sp³-hybridized carbons (Fsp3) is 0.545. The first-order valence-corrected chi connectivity index (χ1v) is 11.5. The van der Waals surface area contributed by atoms with Crippen LogP contribution in [0.4, 0.5) is 5.69 Å². The van der Waals surface area contributed by atoms with Gasteiger partial charge < -0.3 is 10.1 Å². The lowest BCUT2D eigenvalue weighted by atomic mass is 9.93. The number of aromatic nitrogens is 1. The average Bonchev–Trinajstić information content (AvgIpc) is 3.16. The number of benzene rings is 1. The van der Waals surface area contributed by atoms with E-state index >= 15 is 0 Å². The van der Waals surface area contributed by atoms with Gasteiger partial charge in [-0.3, -0.25) is 9.69 Å². The van der Waals surface area contributed by atoms with Gasteiger partial charge in [0.15, 0.2) is 0 Å². The molecule has 7 heteroatoms. The second kappa shape index (κ2) is 10.4. The smallest absolute Gasteiger partial charge is 0.224 e. The van der Waals surface area contributed by atoms with Crippen molar-refractivity contribution in [3.8, 4) is 5.75 Å². The number of carbonyl (C=O) groups is 1. The topological polar surface area (TPSA) is 54.5 Å². The molecule has 1 aliphatic rings. The van der Waals surface area contributed by atoms with Crippen LogP contribution in [0.15, 0.2) is 23.6 Å². The summed E-state index contributed by atoms with van der Waals surface area (Å²) in [7, 11) is 1.57. The Bertz CT molecular complexity index is 824. The van der Waals surface area contributed by atoms with Gasteiger partial charge in [0.25, 0.3) is 0 Å². The Morgan fingerprint density at radius 2 is 2.28 bits per heavy atom. The number of methoxy groups -OCH3 is 1. The minimum Gasteiger partial charge on any atom is -0.495 e. The second-order valence-corrected chi connectivity index (χ2v) is 9.35. The number of nitrogens with zero attached hydrogens (tertiary/aromatic N) is 2. The minimum absolute atomic E-state index is 0.0323. The van der Waals surface area contributed by atoms with E-state index in [1.165, 1.54) is 23.5 Å². The van der Waals surface area contributed by atoms with E-state index in [0.717, 1.165) is 26.1 Å². The van der Waals surface area contributed by atoms with E-state index in [9.17, 15) is 4.79 Å². The monoisotopic (exact) mass is 435 g/mol. The Kier molecular flexibility index (Phi) is 7.92. The molecule has 2 aromatic rings. The number of hydrogen-bond donors (Lipinski definition) is 1. The van der Waals surface area contributed by atoms with Crippen molar-refractivity contribution < 1.29 is 9.53 Å². The van der Waals surface area contributed by atoms with Crippen molar-refractivity contribution >= 4 is 34.5 Å². The van der Waals surface area contributed by atoms with E-state index in [0.29, 0.717) is 34.7 Å². The Hall–Kier alpha value is -1.63. The third-order valence-electron chi connectivity index (χ3n) is 5.34. The number of ether oxygens (including phenoxy) is 1. The maximum Gasteiger partial charge on any atom is 0.224 e. The maximum absolute atomic E-state index is 12.4. The number of halogens is 1. The first-order valence-electron chi connectivity index (χ1n) is 10.2. The van der Waals surface area contributed by atoms with Crippen LogP contribution in [0.1, 0.15) is 56.2 Å². The van der Waals surface area contributed by atoms with E-state index in [1.807, 2.05) is 6.07 Å². The van der Waals surface area contributed by atoms with Gasteiger partial charge in [0.1, 0.15) is 10.8 Å². The van der Waals surface area contributed by atoms with Gasteiger partial charge in [-0.25, -0.2) is 4.98 Å². The molecule has 158 valence electrons. The zero-order valence-corrected chi connectivity index (χ0v) is 19.0. The summed E-state index contributed by atoms with van der Waals surface area (Å²) in [5.41, 5.74) is 1.89. The zero-order valence-electron chi connectivity index (χ0n) is 17.4. The minimum atomic E-state index is 0.0323. The number of rotatable bonds is 8. The van der Waals surface area contributed by atoms with Crippen molar-refractivity contribution in [1.82, 2.24) is 9.88 Å². The molecular weight excluding hydrogens is 406 g/mol. The maximum atomic E-state index is 12.4. The standard InChI is InChI=1S/C22H30ClN3O2S/c1-15(2)19-14-29-22(25-19)13-26-10-4-5-16(12-26)6-9-21(27)24-17-7-8-20(28-3)18(23)11-17/h7-8,11,14-16H,4-6,9-10,12-13H2,1-3H3,(H,24,27). The molecule has 1 aromatic carbocycles. The average molecular weight is 436 g/mol. The van der Waals surface area contributed by atoms with E-state index in [4.69, 9.17) is 21.3 Å². The summed E-state index contributed by atoms with van der Waals surface area (Å²) >= 11 is 7.89. The lowest BCUT2D eigenvalue weighted by Gasteiger charge is -2.32. The van der Waals surface area contributed by atoms with Crippen molar-refractivity contribution in [3.05, 3.63) is 39.3 Å². The normalized spacial score (nSPS) is 17.5. The van der Waals surface area contributed by atoms with Gasteiger partial charge in [-0.05, 0) is 55.8 Å². The molecule has 0 aliphatic carbocycles. The number of likely N-dealkylation sites (tertiary alicyclic amines) is 1. The second-order valence-electron chi connectivity index (χ2n) is 8.00. The van der Waals surface area contributed by atoms with Crippen molar-refractivity contribution in [2.24, 2.45) is 5.92 Å². The van der Waals surface area contributed by atoms with Crippen LogP contribution in [0.5, 0.6) is 5.75 Å². The molecule has 29 heavy (non-hydrogen) atoms.